The minimum atomic E-state index is -1.20. The summed E-state index contributed by atoms with van der Waals surface area (Å²) in [6.07, 6.45) is 2.08. The Morgan fingerprint density at radius 1 is 1.73 bits per heavy atom. The van der Waals surface area contributed by atoms with Gasteiger partial charge in [-0.3, -0.25) is 4.79 Å². The molecule has 0 saturated heterocycles. The number of aliphatic hydroxyl groups is 1. The zero-order valence-electron chi connectivity index (χ0n) is 7.42. The average molecular weight is 156 g/mol. The number of allylic oxidation sites excluding steroid dienone is 1. The predicted molar refractivity (Wildman–Crippen MR) is 45.3 cm³/mol. The topological polar surface area (TPSA) is 37.3 Å². The number of hydrogen-bond donors (Lipinski definition) is 1. The highest BCUT2D eigenvalue weighted by Crippen LogP contribution is 2.11. The van der Waals surface area contributed by atoms with Crippen LogP contribution in [-0.4, -0.2) is 16.5 Å². The van der Waals surface area contributed by atoms with Gasteiger partial charge in [-0.15, -0.1) is 6.58 Å². The smallest absolute Gasteiger partial charge is 0.164 e. The van der Waals surface area contributed by atoms with Gasteiger partial charge in [-0.25, -0.2) is 0 Å². The molecule has 2 nitrogen and oxygen atoms in total. The summed E-state index contributed by atoms with van der Waals surface area (Å²) in [4.78, 5) is 11.1. The number of rotatable bonds is 4. The maximum Gasteiger partial charge on any atom is 0.164 e. The van der Waals surface area contributed by atoms with E-state index in [1.165, 1.54) is 13.8 Å². The number of Topliss-reactive ketones (excluding diaryl/α,β-unsaturated/α-hetero) is 1. The van der Waals surface area contributed by atoms with E-state index in [-0.39, 0.29) is 11.7 Å². The lowest BCUT2D eigenvalue weighted by Crippen LogP contribution is -2.31. The standard InChI is InChI=1S/C9H16O2/c1-5-7(2)6-8(10)9(3,4)11/h5,7,11H,1,6H2,2-4H3. The van der Waals surface area contributed by atoms with Gasteiger partial charge in [-0.05, 0) is 19.8 Å². The zero-order chi connectivity index (χ0) is 9.07. The molecule has 0 saturated carbocycles. The van der Waals surface area contributed by atoms with E-state index < -0.39 is 5.60 Å². The molecule has 2 heteroatoms. The largest absolute Gasteiger partial charge is 0.383 e. The van der Waals surface area contributed by atoms with Gasteiger partial charge >= 0.3 is 0 Å². The van der Waals surface area contributed by atoms with Crippen molar-refractivity contribution in [1.82, 2.24) is 0 Å². The minimum absolute atomic E-state index is 0.134. The third kappa shape index (κ3) is 3.94. The SMILES string of the molecule is C=CC(C)CC(=O)C(C)(C)O. The van der Waals surface area contributed by atoms with E-state index in [4.69, 9.17) is 0 Å². The van der Waals surface area contributed by atoms with Crippen molar-refractivity contribution in [2.45, 2.75) is 32.8 Å². The maximum absolute atomic E-state index is 11.1. The number of hydrogen-bond acceptors (Lipinski definition) is 2. The third-order valence-electron chi connectivity index (χ3n) is 1.59. The molecule has 64 valence electrons. The van der Waals surface area contributed by atoms with E-state index in [0.29, 0.717) is 6.42 Å². The Bertz CT molecular complexity index is 153. The Hall–Kier alpha value is -0.630. The van der Waals surface area contributed by atoms with Crippen molar-refractivity contribution in [3.63, 3.8) is 0 Å². The van der Waals surface area contributed by atoms with Crippen molar-refractivity contribution in [2.24, 2.45) is 5.92 Å². The summed E-state index contributed by atoms with van der Waals surface area (Å²) in [7, 11) is 0. The quantitative estimate of drug-likeness (QED) is 0.627. The number of carbonyl (C=O) groups is 1. The molecule has 0 aromatic heterocycles. The maximum atomic E-state index is 11.1. The molecule has 0 bridgehead atoms. The molecule has 0 spiro atoms. The van der Waals surface area contributed by atoms with Crippen molar-refractivity contribution >= 4 is 5.78 Å². The van der Waals surface area contributed by atoms with E-state index in [9.17, 15) is 9.90 Å². The Morgan fingerprint density at radius 2 is 2.18 bits per heavy atom. The molecule has 0 aliphatic heterocycles. The second-order valence-electron chi connectivity index (χ2n) is 3.40. The number of ketones is 1. The fourth-order valence-corrected chi connectivity index (χ4v) is 0.626. The summed E-state index contributed by atoms with van der Waals surface area (Å²) in [5, 5.41) is 9.25. The van der Waals surface area contributed by atoms with Crippen LogP contribution in [-0.2, 0) is 4.79 Å². The van der Waals surface area contributed by atoms with Crippen molar-refractivity contribution in [1.29, 1.82) is 0 Å². The van der Waals surface area contributed by atoms with Crippen molar-refractivity contribution < 1.29 is 9.90 Å². The molecule has 0 heterocycles. The summed E-state index contributed by atoms with van der Waals surface area (Å²) in [6.45, 7) is 8.47. The molecule has 0 amide bonds. The Morgan fingerprint density at radius 3 is 2.45 bits per heavy atom. The van der Waals surface area contributed by atoms with E-state index in [1.54, 1.807) is 6.08 Å². The highest BCUT2D eigenvalue weighted by atomic mass is 16.3. The highest BCUT2D eigenvalue weighted by molar-refractivity contribution is 5.86. The van der Waals surface area contributed by atoms with E-state index in [0.717, 1.165) is 0 Å². The molecule has 0 aromatic carbocycles. The van der Waals surface area contributed by atoms with Crippen LogP contribution >= 0.6 is 0 Å². The second-order valence-corrected chi connectivity index (χ2v) is 3.40. The van der Waals surface area contributed by atoms with Crippen LogP contribution < -0.4 is 0 Å². The van der Waals surface area contributed by atoms with Crippen molar-refractivity contribution in [3.8, 4) is 0 Å². The van der Waals surface area contributed by atoms with Crippen LogP contribution in [0.1, 0.15) is 27.2 Å². The van der Waals surface area contributed by atoms with Crippen LogP contribution in [0.15, 0.2) is 12.7 Å². The molecular formula is C9H16O2. The van der Waals surface area contributed by atoms with E-state index >= 15 is 0 Å². The summed E-state index contributed by atoms with van der Waals surface area (Å²) >= 11 is 0. The van der Waals surface area contributed by atoms with Gasteiger partial charge in [0, 0.05) is 6.42 Å². The van der Waals surface area contributed by atoms with Crippen LogP contribution in [0.5, 0.6) is 0 Å². The van der Waals surface area contributed by atoms with Gasteiger partial charge in [0.25, 0.3) is 0 Å². The van der Waals surface area contributed by atoms with Gasteiger partial charge in [0.2, 0.25) is 0 Å². The summed E-state index contributed by atoms with van der Waals surface area (Å²) in [5.74, 6) is 0.0128. The fourth-order valence-electron chi connectivity index (χ4n) is 0.626. The molecule has 0 fully saturated rings. The van der Waals surface area contributed by atoms with Gasteiger partial charge < -0.3 is 5.11 Å². The average Bonchev–Trinajstić information content (AvgIpc) is 1.85. The van der Waals surface area contributed by atoms with Crippen LogP contribution in [0.2, 0.25) is 0 Å². The molecule has 0 radical (unpaired) electrons. The minimum Gasteiger partial charge on any atom is -0.383 e. The van der Waals surface area contributed by atoms with Crippen LogP contribution in [0, 0.1) is 5.92 Å². The zero-order valence-corrected chi connectivity index (χ0v) is 7.42. The first kappa shape index (κ1) is 10.4. The molecule has 11 heavy (non-hydrogen) atoms. The van der Waals surface area contributed by atoms with Gasteiger partial charge in [0.05, 0.1) is 0 Å². The molecule has 0 aromatic rings. The Kier molecular flexibility index (Phi) is 3.46. The number of carbonyl (C=O) groups excluding carboxylic acids is 1. The van der Waals surface area contributed by atoms with Crippen molar-refractivity contribution in [2.75, 3.05) is 0 Å². The first-order chi connectivity index (χ1) is 4.88. The van der Waals surface area contributed by atoms with Gasteiger partial charge in [-0.1, -0.05) is 13.0 Å². The third-order valence-corrected chi connectivity index (χ3v) is 1.59. The monoisotopic (exact) mass is 156 g/mol. The summed E-state index contributed by atoms with van der Waals surface area (Å²) in [5.41, 5.74) is -1.20. The summed E-state index contributed by atoms with van der Waals surface area (Å²) < 4.78 is 0. The molecular weight excluding hydrogens is 140 g/mol. The van der Waals surface area contributed by atoms with Crippen LogP contribution in [0.25, 0.3) is 0 Å². The first-order valence-corrected chi connectivity index (χ1v) is 3.76. The molecule has 0 aliphatic rings. The van der Waals surface area contributed by atoms with Crippen molar-refractivity contribution in [3.05, 3.63) is 12.7 Å². The molecule has 1 N–H and O–H groups in total. The lowest BCUT2D eigenvalue weighted by atomic mass is 9.95. The molecule has 0 rings (SSSR count). The van der Waals surface area contributed by atoms with Gasteiger partial charge in [0.1, 0.15) is 5.60 Å². The van der Waals surface area contributed by atoms with Crippen LogP contribution in [0.3, 0.4) is 0 Å². The van der Waals surface area contributed by atoms with E-state index in [2.05, 4.69) is 6.58 Å². The first-order valence-electron chi connectivity index (χ1n) is 3.76. The lowest BCUT2D eigenvalue weighted by molar-refractivity contribution is -0.134. The molecule has 1 unspecified atom stereocenters. The lowest BCUT2D eigenvalue weighted by Gasteiger charge is -2.16. The van der Waals surface area contributed by atoms with E-state index in [1.807, 2.05) is 6.92 Å². The summed E-state index contributed by atoms with van der Waals surface area (Å²) in [6, 6.07) is 0. The predicted octanol–water partition coefficient (Wildman–Crippen LogP) is 1.54. The molecule has 1 atom stereocenters. The Balaban J connectivity index is 3.98. The second kappa shape index (κ2) is 3.67. The van der Waals surface area contributed by atoms with Gasteiger partial charge in [-0.2, -0.15) is 0 Å². The highest BCUT2D eigenvalue weighted by Gasteiger charge is 2.23. The van der Waals surface area contributed by atoms with Gasteiger partial charge in [0.15, 0.2) is 5.78 Å². The fraction of sp³-hybridized carbons (Fsp3) is 0.667. The van der Waals surface area contributed by atoms with Crippen LogP contribution in [0.4, 0.5) is 0 Å². The Labute approximate surface area is 67.9 Å². The normalized spacial score (nSPS) is 14.2. The molecule has 0 aliphatic carbocycles.